The van der Waals surface area contributed by atoms with Gasteiger partial charge < -0.3 is 0 Å². The van der Waals surface area contributed by atoms with Crippen molar-refractivity contribution in [3.05, 3.63) is 26.6 Å². The molecule has 0 spiro atoms. The molecular weight excluding hydrogens is 438 g/mol. The molecule has 1 aromatic rings. The van der Waals surface area contributed by atoms with Crippen LogP contribution in [0, 0.1) is 6.92 Å². The van der Waals surface area contributed by atoms with Crippen LogP contribution in [0.5, 0.6) is 0 Å². The number of alkyl halides is 1. The van der Waals surface area contributed by atoms with Crippen LogP contribution in [0.4, 0.5) is 0 Å². The minimum atomic E-state index is -3.50. The van der Waals surface area contributed by atoms with Crippen molar-refractivity contribution >= 4 is 57.8 Å². The fraction of sp³-hybridized carbons (Fsp3) is 0.400. The molecule has 96 valence electrons. The van der Waals surface area contributed by atoms with Gasteiger partial charge >= 0.3 is 0 Å². The number of sulfonamides is 1. The van der Waals surface area contributed by atoms with Gasteiger partial charge in [0.2, 0.25) is 10.0 Å². The summed E-state index contributed by atoms with van der Waals surface area (Å²) in [6, 6.07) is 3.21. The highest BCUT2D eigenvalue weighted by Gasteiger charge is 2.20. The SMILES string of the molecule is Cc1cc(Br)c(S(=O)(=O)NC(C)CBr)cc1Br. The average Bonchev–Trinajstić information content (AvgIpc) is 2.22. The maximum atomic E-state index is 12.1. The molecule has 0 saturated carbocycles. The summed E-state index contributed by atoms with van der Waals surface area (Å²) >= 11 is 9.85. The number of rotatable bonds is 4. The lowest BCUT2D eigenvalue weighted by molar-refractivity contribution is 0.571. The molecule has 0 radical (unpaired) electrons. The molecule has 3 nitrogen and oxygen atoms in total. The van der Waals surface area contributed by atoms with E-state index in [0.29, 0.717) is 9.80 Å². The van der Waals surface area contributed by atoms with Crippen molar-refractivity contribution in [2.45, 2.75) is 24.8 Å². The van der Waals surface area contributed by atoms with Crippen LogP contribution in [-0.2, 0) is 10.0 Å². The predicted molar refractivity (Wildman–Crippen MR) is 80.2 cm³/mol. The summed E-state index contributed by atoms with van der Waals surface area (Å²) < 4.78 is 28.1. The van der Waals surface area contributed by atoms with Crippen LogP contribution >= 0.6 is 47.8 Å². The van der Waals surface area contributed by atoms with E-state index in [-0.39, 0.29) is 10.9 Å². The number of nitrogens with one attached hydrogen (secondary N) is 1. The zero-order valence-corrected chi connectivity index (χ0v) is 14.9. The molecule has 0 aliphatic rings. The van der Waals surface area contributed by atoms with Crippen LogP contribution in [0.15, 0.2) is 26.0 Å². The molecule has 0 saturated heterocycles. The average molecular weight is 450 g/mol. The van der Waals surface area contributed by atoms with Crippen LogP contribution in [0.3, 0.4) is 0 Å². The van der Waals surface area contributed by atoms with E-state index in [1.54, 1.807) is 19.1 Å². The lowest BCUT2D eigenvalue weighted by atomic mass is 10.2. The largest absolute Gasteiger partial charge is 0.241 e. The molecule has 1 rings (SSSR count). The van der Waals surface area contributed by atoms with Crippen molar-refractivity contribution in [3.63, 3.8) is 0 Å². The van der Waals surface area contributed by atoms with Gasteiger partial charge in [0.25, 0.3) is 0 Å². The van der Waals surface area contributed by atoms with Crippen LogP contribution in [0.25, 0.3) is 0 Å². The zero-order valence-electron chi connectivity index (χ0n) is 9.30. The van der Waals surface area contributed by atoms with Gasteiger partial charge in [0.1, 0.15) is 0 Å². The van der Waals surface area contributed by atoms with Crippen molar-refractivity contribution in [1.82, 2.24) is 4.72 Å². The maximum Gasteiger partial charge on any atom is 0.241 e. The molecule has 1 unspecified atom stereocenters. The molecule has 17 heavy (non-hydrogen) atoms. The third-order valence-corrected chi connectivity index (χ3v) is 6.46. The lowest BCUT2D eigenvalue weighted by Crippen LogP contribution is -2.33. The Morgan fingerprint density at radius 2 is 1.88 bits per heavy atom. The molecule has 1 aromatic carbocycles. The van der Waals surface area contributed by atoms with Crippen LogP contribution < -0.4 is 4.72 Å². The van der Waals surface area contributed by atoms with E-state index < -0.39 is 10.0 Å². The van der Waals surface area contributed by atoms with Gasteiger partial charge in [0.05, 0.1) is 4.90 Å². The summed E-state index contributed by atoms with van der Waals surface area (Å²) in [5.41, 5.74) is 0.976. The zero-order chi connectivity index (χ0) is 13.2. The first-order valence-corrected chi connectivity index (χ1v) is 9.01. The molecule has 0 fully saturated rings. The van der Waals surface area contributed by atoms with E-state index in [9.17, 15) is 8.42 Å². The van der Waals surface area contributed by atoms with E-state index >= 15 is 0 Å². The Bertz CT molecular complexity index is 517. The second-order valence-electron chi connectivity index (χ2n) is 3.71. The number of benzene rings is 1. The third-order valence-electron chi connectivity index (χ3n) is 2.09. The highest BCUT2D eigenvalue weighted by Crippen LogP contribution is 2.28. The first-order valence-electron chi connectivity index (χ1n) is 4.82. The normalized spacial score (nSPS) is 13.7. The molecule has 7 heteroatoms. The molecule has 0 heterocycles. The predicted octanol–water partition coefficient (Wildman–Crippen LogP) is 3.58. The molecule has 0 bridgehead atoms. The minimum absolute atomic E-state index is 0.160. The molecule has 1 atom stereocenters. The maximum absolute atomic E-state index is 12.1. The first-order chi connectivity index (χ1) is 7.77. The van der Waals surface area contributed by atoms with E-state index in [1.807, 2.05) is 6.92 Å². The van der Waals surface area contributed by atoms with Crippen LogP contribution in [0.2, 0.25) is 0 Å². The molecule has 0 aromatic heterocycles. The Morgan fingerprint density at radius 3 is 2.41 bits per heavy atom. The van der Waals surface area contributed by atoms with E-state index in [1.165, 1.54) is 0 Å². The van der Waals surface area contributed by atoms with Gasteiger partial charge in [-0.3, -0.25) is 0 Å². The summed E-state index contributed by atoms with van der Waals surface area (Å²) in [6.45, 7) is 3.70. The summed E-state index contributed by atoms with van der Waals surface area (Å²) in [7, 11) is -3.50. The van der Waals surface area contributed by atoms with E-state index in [2.05, 4.69) is 52.5 Å². The van der Waals surface area contributed by atoms with Gasteiger partial charge in [-0.15, -0.1) is 0 Å². The van der Waals surface area contributed by atoms with Crippen molar-refractivity contribution in [3.8, 4) is 0 Å². The Kier molecular flexibility index (Phi) is 5.65. The molecule has 0 amide bonds. The molecule has 0 aliphatic heterocycles. The Hall–Kier alpha value is 0.570. The first kappa shape index (κ1) is 15.6. The quantitative estimate of drug-likeness (QED) is 0.714. The van der Waals surface area contributed by atoms with Gasteiger partial charge in [-0.25, -0.2) is 13.1 Å². The molecule has 1 N–H and O–H groups in total. The lowest BCUT2D eigenvalue weighted by Gasteiger charge is -2.13. The second-order valence-corrected chi connectivity index (χ2v) is 7.75. The van der Waals surface area contributed by atoms with Crippen molar-refractivity contribution < 1.29 is 8.42 Å². The van der Waals surface area contributed by atoms with Gasteiger partial charge in [-0.2, -0.15) is 0 Å². The Labute approximate surface area is 127 Å². The van der Waals surface area contributed by atoms with Crippen molar-refractivity contribution in [2.24, 2.45) is 0 Å². The number of aryl methyl sites for hydroxylation is 1. The van der Waals surface area contributed by atoms with Gasteiger partial charge in [-0.1, -0.05) is 31.9 Å². The highest BCUT2D eigenvalue weighted by molar-refractivity contribution is 9.11. The minimum Gasteiger partial charge on any atom is -0.207 e. The summed E-state index contributed by atoms with van der Waals surface area (Å²) in [5.74, 6) is 0. The van der Waals surface area contributed by atoms with Crippen LogP contribution in [-0.4, -0.2) is 19.8 Å². The fourth-order valence-electron chi connectivity index (χ4n) is 1.19. The van der Waals surface area contributed by atoms with Gasteiger partial charge in [0, 0.05) is 20.3 Å². The summed E-state index contributed by atoms with van der Waals surface area (Å²) in [5, 5.41) is 0.566. The summed E-state index contributed by atoms with van der Waals surface area (Å²) in [6.07, 6.45) is 0. The fourth-order valence-corrected chi connectivity index (χ4v) is 4.49. The smallest absolute Gasteiger partial charge is 0.207 e. The van der Waals surface area contributed by atoms with E-state index in [0.717, 1.165) is 10.0 Å². The number of halogens is 3. The highest BCUT2D eigenvalue weighted by atomic mass is 79.9. The third kappa shape index (κ3) is 4.02. The van der Waals surface area contributed by atoms with Gasteiger partial charge in [0.15, 0.2) is 0 Å². The van der Waals surface area contributed by atoms with Crippen molar-refractivity contribution in [1.29, 1.82) is 0 Å². The number of hydrogen-bond acceptors (Lipinski definition) is 2. The summed E-state index contributed by atoms with van der Waals surface area (Å²) in [4.78, 5) is 0.239. The van der Waals surface area contributed by atoms with Crippen LogP contribution in [0.1, 0.15) is 12.5 Å². The monoisotopic (exact) mass is 447 g/mol. The van der Waals surface area contributed by atoms with Crippen molar-refractivity contribution in [2.75, 3.05) is 5.33 Å². The Balaban J connectivity index is 3.20. The topological polar surface area (TPSA) is 46.2 Å². The number of hydrogen-bond donors (Lipinski definition) is 1. The van der Waals surface area contributed by atoms with E-state index in [4.69, 9.17) is 0 Å². The van der Waals surface area contributed by atoms with Gasteiger partial charge in [-0.05, 0) is 47.5 Å². The standard InChI is InChI=1S/C10H12Br3NO2S/c1-6-3-9(13)10(4-8(6)12)17(15,16)14-7(2)5-11/h3-4,7,14H,5H2,1-2H3. The molecule has 0 aliphatic carbocycles. The Morgan fingerprint density at radius 1 is 1.29 bits per heavy atom. The molecular formula is C10H12Br3NO2S. The second kappa shape index (κ2) is 6.14.